The first-order valence-electron chi connectivity index (χ1n) is 7.70. The van der Waals surface area contributed by atoms with Crippen LogP contribution in [0.5, 0.6) is 0 Å². The second-order valence-electron chi connectivity index (χ2n) is 7.11. The molecule has 3 atom stereocenters. The molecule has 0 bridgehead atoms. The standard InChI is InChI=1S/C15H28N2O/c1-12-7-17(8-13(12)2)10-15(5-6-18-11-15)9-16-14-3-4-14/h12-14,16H,3-11H2,1-2H3. The number of hydrogen-bond acceptors (Lipinski definition) is 3. The van der Waals surface area contributed by atoms with Gasteiger partial charge in [-0.2, -0.15) is 0 Å². The Morgan fingerprint density at radius 2 is 1.94 bits per heavy atom. The van der Waals surface area contributed by atoms with Crippen LogP contribution >= 0.6 is 0 Å². The first kappa shape index (κ1) is 12.9. The zero-order valence-electron chi connectivity index (χ0n) is 12.0. The maximum atomic E-state index is 5.71. The minimum atomic E-state index is 0.395. The summed E-state index contributed by atoms with van der Waals surface area (Å²) in [5.41, 5.74) is 0.395. The van der Waals surface area contributed by atoms with Crippen LogP contribution in [-0.4, -0.2) is 50.3 Å². The summed E-state index contributed by atoms with van der Waals surface area (Å²) in [7, 11) is 0. The molecule has 2 aliphatic heterocycles. The molecule has 3 rings (SSSR count). The highest BCUT2D eigenvalue weighted by molar-refractivity contribution is 4.93. The molecule has 3 aliphatic rings. The summed E-state index contributed by atoms with van der Waals surface area (Å²) < 4.78 is 5.71. The number of nitrogens with zero attached hydrogens (tertiary/aromatic N) is 1. The number of nitrogens with one attached hydrogen (secondary N) is 1. The number of rotatable bonds is 5. The van der Waals surface area contributed by atoms with Gasteiger partial charge in [-0.25, -0.2) is 0 Å². The maximum Gasteiger partial charge on any atom is 0.0547 e. The van der Waals surface area contributed by atoms with E-state index in [4.69, 9.17) is 4.74 Å². The number of hydrogen-bond donors (Lipinski definition) is 1. The van der Waals surface area contributed by atoms with E-state index >= 15 is 0 Å². The van der Waals surface area contributed by atoms with Crippen LogP contribution in [0.15, 0.2) is 0 Å². The van der Waals surface area contributed by atoms with Crippen LogP contribution in [0.3, 0.4) is 0 Å². The van der Waals surface area contributed by atoms with Gasteiger partial charge in [0, 0.05) is 44.2 Å². The molecule has 0 radical (unpaired) electrons. The molecule has 0 spiro atoms. The van der Waals surface area contributed by atoms with Crippen molar-refractivity contribution in [2.45, 2.75) is 39.2 Å². The Morgan fingerprint density at radius 3 is 2.50 bits per heavy atom. The van der Waals surface area contributed by atoms with Crippen LogP contribution in [0.2, 0.25) is 0 Å². The van der Waals surface area contributed by atoms with Crippen LogP contribution in [0, 0.1) is 17.3 Å². The van der Waals surface area contributed by atoms with Gasteiger partial charge in [0.2, 0.25) is 0 Å². The molecule has 3 nitrogen and oxygen atoms in total. The molecule has 0 aromatic rings. The molecule has 1 aliphatic carbocycles. The second kappa shape index (κ2) is 5.10. The third-order valence-electron chi connectivity index (χ3n) is 5.15. The Hall–Kier alpha value is -0.120. The van der Waals surface area contributed by atoms with Crippen molar-refractivity contribution in [3.8, 4) is 0 Å². The molecule has 18 heavy (non-hydrogen) atoms. The van der Waals surface area contributed by atoms with Crippen molar-refractivity contribution >= 4 is 0 Å². The van der Waals surface area contributed by atoms with E-state index in [2.05, 4.69) is 24.1 Å². The predicted molar refractivity (Wildman–Crippen MR) is 73.7 cm³/mol. The minimum absolute atomic E-state index is 0.395. The van der Waals surface area contributed by atoms with Crippen molar-refractivity contribution in [3.63, 3.8) is 0 Å². The van der Waals surface area contributed by atoms with Gasteiger partial charge >= 0.3 is 0 Å². The van der Waals surface area contributed by atoms with Crippen molar-refractivity contribution in [1.82, 2.24) is 10.2 Å². The smallest absolute Gasteiger partial charge is 0.0547 e. The van der Waals surface area contributed by atoms with E-state index in [1.807, 2.05) is 0 Å². The van der Waals surface area contributed by atoms with E-state index in [1.165, 1.54) is 38.9 Å². The van der Waals surface area contributed by atoms with Crippen molar-refractivity contribution in [1.29, 1.82) is 0 Å². The molecular formula is C15H28N2O. The highest BCUT2D eigenvalue weighted by Crippen LogP contribution is 2.33. The zero-order chi connectivity index (χ0) is 12.6. The van der Waals surface area contributed by atoms with Crippen LogP contribution < -0.4 is 5.32 Å². The summed E-state index contributed by atoms with van der Waals surface area (Å²) >= 11 is 0. The molecule has 3 heteroatoms. The van der Waals surface area contributed by atoms with E-state index in [1.54, 1.807) is 0 Å². The fourth-order valence-corrected chi connectivity index (χ4v) is 3.47. The Balaban J connectivity index is 1.55. The molecule has 3 fully saturated rings. The second-order valence-corrected chi connectivity index (χ2v) is 7.11. The third kappa shape index (κ3) is 2.89. The van der Waals surface area contributed by atoms with Gasteiger partial charge in [-0.1, -0.05) is 13.8 Å². The lowest BCUT2D eigenvalue weighted by Crippen LogP contribution is -2.44. The van der Waals surface area contributed by atoms with Gasteiger partial charge in [0.25, 0.3) is 0 Å². The lowest BCUT2D eigenvalue weighted by atomic mass is 9.86. The molecule has 2 saturated heterocycles. The minimum Gasteiger partial charge on any atom is -0.381 e. The van der Waals surface area contributed by atoms with Gasteiger partial charge in [-0.15, -0.1) is 0 Å². The summed E-state index contributed by atoms with van der Waals surface area (Å²) in [5.74, 6) is 1.72. The van der Waals surface area contributed by atoms with Crippen LogP contribution in [0.4, 0.5) is 0 Å². The lowest BCUT2D eigenvalue weighted by molar-refractivity contribution is 0.116. The van der Waals surface area contributed by atoms with E-state index < -0.39 is 0 Å². The Morgan fingerprint density at radius 1 is 1.22 bits per heavy atom. The summed E-state index contributed by atoms with van der Waals surface area (Å²) in [5, 5.41) is 3.73. The maximum absolute atomic E-state index is 5.71. The first-order chi connectivity index (χ1) is 8.67. The van der Waals surface area contributed by atoms with E-state index in [-0.39, 0.29) is 0 Å². The van der Waals surface area contributed by atoms with Crippen molar-refractivity contribution in [3.05, 3.63) is 0 Å². The lowest BCUT2D eigenvalue weighted by Gasteiger charge is -2.32. The highest BCUT2D eigenvalue weighted by Gasteiger charge is 2.40. The Labute approximate surface area is 111 Å². The van der Waals surface area contributed by atoms with Gasteiger partial charge in [0.1, 0.15) is 0 Å². The van der Waals surface area contributed by atoms with Crippen molar-refractivity contribution in [2.24, 2.45) is 17.3 Å². The van der Waals surface area contributed by atoms with Crippen LogP contribution in [-0.2, 0) is 4.74 Å². The Kier molecular flexibility index (Phi) is 3.65. The predicted octanol–water partition coefficient (Wildman–Crippen LogP) is 1.73. The van der Waals surface area contributed by atoms with Gasteiger partial charge in [-0.05, 0) is 31.1 Å². The molecule has 3 unspecified atom stereocenters. The van der Waals surface area contributed by atoms with Gasteiger partial charge in [0.05, 0.1) is 6.61 Å². The molecule has 104 valence electrons. The van der Waals surface area contributed by atoms with E-state index in [0.29, 0.717) is 5.41 Å². The van der Waals surface area contributed by atoms with Crippen LogP contribution in [0.1, 0.15) is 33.1 Å². The van der Waals surface area contributed by atoms with Gasteiger partial charge < -0.3 is 15.0 Å². The summed E-state index contributed by atoms with van der Waals surface area (Å²) in [6.07, 6.45) is 4.01. The zero-order valence-corrected chi connectivity index (χ0v) is 12.0. The van der Waals surface area contributed by atoms with E-state index in [0.717, 1.165) is 37.6 Å². The summed E-state index contributed by atoms with van der Waals surface area (Å²) in [6, 6.07) is 0.818. The third-order valence-corrected chi connectivity index (χ3v) is 5.15. The molecular weight excluding hydrogens is 224 g/mol. The molecule has 0 amide bonds. The SMILES string of the molecule is CC1CN(CC2(CNC3CC3)CCOC2)CC1C. The van der Waals surface area contributed by atoms with Gasteiger partial charge in [0.15, 0.2) is 0 Å². The summed E-state index contributed by atoms with van der Waals surface area (Å²) in [4.78, 5) is 2.68. The quantitative estimate of drug-likeness (QED) is 0.806. The number of ether oxygens (including phenoxy) is 1. The fraction of sp³-hybridized carbons (Fsp3) is 1.00. The molecule has 1 N–H and O–H groups in total. The largest absolute Gasteiger partial charge is 0.381 e. The van der Waals surface area contributed by atoms with Crippen LogP contribution in [0.25, 0.3) is 0 Å². The topological polar surface area (TPSA) is 24.5 Å². The molecule has 1 saturated carbocycles. The van der Waals surface area contributed by atoms with Crippen molar-refractivity contribution in [2.75, 3.05) is 39.4 Å². The average molecular weight is 252 g/mol. The van der Waals surface area contributed by atoms with Crippen molar-refractivity contribution < 1.29 is 4.74 Å². The Bertz CT molecular complexity index is 274. The van der Waals surface area contributed by atoms with Gasteiger partial charge in [-0.3, -0.25) is 0 Å². The monoisotopic (exact) mass is 252 g/mol. The highest BCUT2D eigenvalue weighted by atomic mass is 16.5. The van der Waals surface area contributed by atoms with E-state index in [9.17, 15) is 0 Å². The molecule has 0 aromatic heterocycles. The molecule has 2 heterocycles. The molecule has 0 aromatic carbocycles. The number of likely N-dealkylation sites (tertiary alicyclic amines) is 1. The first-order valence-corrected chi connectivity index (χ1v) is 7.70. The normalized spacial score (nSPS) is 41.7. The average Bonchev–Trinajstić information content (AvgIpc) is 2.98. The fourth-order valence-electron chi connectivity index (χ4n) is 3.47. The summed E-state index contributed by atoms with van der Waals surface area (Å²) in [6.45, 7) is 11.7.